The van der Waals surface area contributed by atoms with E-state index in [-0.39, 0.29) is 0 Å². The highest BCUT2D eigenvalue weighted by molar-refractivity contribution is 5.14. The van der Waals surface area contributed by atoms with E-state index in [2.05, 4.69) is 38.4 Å². The molecule has 0 amide bonds. The zero-order valence-electron chi connectivity index (χ0n) is 9.34. The number of hydrogen-bond donors (Lipinski definition) is 1. The quantitative estimate of drug-likeness (QED) is 0.606. The van der Waals surface area contributed by atoms with Gasteiger partial charge in [0, 0.05) is 12.2 Å². The van der Waals surface area contributed by atoms with E-state index in [4.69, 9.17) is 0 Å². The number of allylic oxidation sites excluding steroid dienone is 5. The van der Waals surface area contributed by atoms with Crippen molar-refractivity contribution in [1.29, 1.82) is 0 Å². The van der Waals surface area contributed by atoms with Gasteiger partial charge in [0.25, 0.3) is 0 Å². The molecule has 0 bridgehead atoms. The van der Waals surface area contributed by atoms with Crippen molar-refractivity contribution in [2.75, 3.05) is 6.54 Å². The van der Waals surface area contributed by atoms with E-state index in [0.29, 0.717) is 0 Å². The second-order valence-corrected chi connectivity index (χ2v) is 3.27. The van der Waals surface area contributed by atoms with Crippen molar-refractivity contribution in [2.45, 2.75) is 26.7 Å². The first-order valence-electron chi connectivity index (χ1n) is 5.07. The molecule has 0 saturated carbocycles. The van der Waals surface area contributed by atoms with Gasteiger partial charge in [0.15, 0.2) is 0 Å². The minimum atomic E-state index is 0.969. The lowest BCUT2D eigenvalue weighted by atomic mass is 10.2. The van der Waals surface area contributed by atoms with Gasteiger partial charge in [-0.25, -0.2) is 0 Å². The Bertz CT molecular complexity index is 234. The SMILES string of the molecule is C=C/C=C\C=C(\C)CCNC(=C)CC. The van der Waals surface area contributed by atoms with E-state index in [1.54, 1.807) is 6.08 Å². The Labute approximate surface area is 87.9 Å². The summed E-state index contributed by atoms with van der Waals surface area (Å²) >= 11 is 0. The van der Waals surface area contributed by atoms with Gasteiger partial charge in [-0.15, -0.1) is 0 Å². The highest BCUT2D eigenvalue weighted by atomic mass is 14.9. The summed E-state index contributed by atoms with van der Waals surface area (Å²) in [6, 6.07) is 0. The third kappa shape index (κ3) is 7.41. The Morgan fingerprint density at radius 3 is 2.64 bits per heavy atom. The smallest absolute Gasteiger partial charge is 0.0181 e. The van der Waals surface area contributed by atoms with Crippen LogP contribution in [0.4, 0.5) is 0 Å². The summed E-state index contributed by atoms with van der Waals surface area (Å²) in [5, 5.41) is 3.27. The maximum atomic E-state index is 3.89. The van der Waals surface area contributed by atoms with Gasteiger partial charge in [0.05, 0.1) is 0 Å². The Kier molecular flexibility index (Phi) is 7.62. The molecule has 0 radical (unpaired) electrons. The summed E-state index contributed by atoms with van der Waals surface area (Å²) in [6.45, 7) is 12.7. The number of rotatable bonds is 7. The van der Waals surface area contributed by atoms with Crippen LogP contribution in [0.15, 0.2) is 48.7 Å². The summed E-state index contributed by atoms with van der Waals surface area (Å²) < 4.78 is 0. The molecule has 0 aromatic heterocycles. The largest absolute Gasteiger partial charge is 0.389 e. The van der Waals surface area contributed by atoms with Crippen LogP contribution < -0.4 is 5.32 Å². The fourth-order valence-electron chi connectivity index (χ4n) is 0.943. The molecule has 0 heterocycles. The fraction of sp³-hybridized carbons (Fsp3) is 0.385. The lowest BCUT2D eigenvalue weighted by molar-refractivity contribution is 0.756. The van der Waals surface area contributed by atoms with Crippen molar-refractivity contribution in [3.63, 3.8) is 0 Å². The van der Waals surface area contributed by atoms with Gasteiger partial charge in [-0.2, -0.15) is 0 Å². The highest BCUT2D eigenvalue weighted by Crippen LogP contribution is 2.00. The van der Waals surface area contributed by atoms with Crippen LogP contribution in [0.2, 0.25) is 0 Å². The summed E-state index contributed by atoms with van der Waals surface area (Å²) in [6.07, 6.45) is 9.89. The molecule has 0 unspecified atom stereocenters. The van der Waals surface area contributed by atoms with Gasteiger partial charge in [-0.3, -0.25) is 0 Å². The molecule has 0 spiro atoms. The van der Waals surface area contributed by atoms with Crippen molar-refractivity contribution in [1.82, 2.24) is 5.32 Å². The minimum absolute atomic E-state index is 0.969. The summed E-state index contributed by atoms with van der Waals surface area (Å²) in [7, 11) is 0. The van der Waals surface area contributed by atoms with Gasteiger partial charge in [-0.05, 0) is 19.8 Å². The standard InChI is InChI=1S/C13H21N/c1-5-7-8-9-12(3)10-11-14-13(4)6-2/h5,7-9,14H,1,4,6,10-11H2,2-3H3/b8-7-,12-9-. The first kappa shape index (κ1) is 12.8. The lowest BCUT2D eigenvalue weighted by Crippen LogP contribution is -2.13. The maximum absolute atomic E-state index is 3.89. The average Bonchev–Trinajstić information content (AvgIpc) is 2.18. The molecule has 0 aliphatic rings. The van der Waals surface area contributed by atoms with Crippen molar-refractivity contribution in [2.24, 2.45) is 0 Å². The zero-order valence-corrected chi connectivity index (χ0v) is 9.34. The molecule has 0 atom stereocenters. The van der Waals surface area contributed by atoms with E-state index in [9.17, 15) is 0 Å². The minimum Gasteiger partial charge on any atom is -0.389 e. The first-order chi connectivity index (χ1) is 6.70. The van der Waals surface area contributed by atoms with Gasteiger partial charge in [0.1, 0.15) is 0 Å². The van der Waals surface area contributed by atoms with Crippen LogP contribution >= 0.6 is 0 Å². The summed E-state index contributed by atoms with van der Waals surface area (Å²) in [5.74, 6) is 0. The highest BCUT2D eigenvalue weighted by Gasteiger charge is 1.90. The van der Waals surface area contributed by atoms with Crippen molar-refractivity contribution >= 4 is 0 Å². The molecule has 1 N–H and O–H groups in total. The van der Waals surface area contributed by atoms with Crippen LogP contribution in [-0.2, 0) is 0 Å². The van der Waals surface area contributed by atoms with Crippen molar-refractivity contribution < 1.29 is 0 Å². The molecule has 0 saturated heterocycles. The molecule has 0 fully saturated rings. The van der Waals surface area contributed by atoms with E-state index in [0.717, 1.165) is 25.1 Å². The topological polar surface area (TPSA) is 12.0 Å². The summed E-state index contributed by atoms with van der Waals surface area (Å²) in [5.41, 5.74) is 2.47. The predicted molar refractivity (Wildman–Crippen MR) is 65.1 cm³/mol. The molecule has 0 aromatic carbocycles. The van der Waals surface area contributed by atoms with Crippen LogP contribution in [0.3, 0.4) is 0 Å². The normalized spacial score (nSPS) is 11.7. The third-order valence-electron chi connectivity index (χ3n) is 1.95. The molecule has 0 aromatic rings. The van der Waals surface area contributed by atoms with Gasteiger partial charge >= 0.3 is 0 Å². The monoisotopic (exact) mass is 191 g/mol. The molecule has 1 heteroatoms. The van der Waals surface area contributed by atoms with Crippen LogP contribution in [0.25, 0.3) is 0 Å². The van der Waals surface area contributed by atoms with Gasteiger partial charge in [0.2, 0.25) is 0 Å². The second-order valence-electron chi connectivity index (χ2n) is 3.27. The van der Waals surface area contributed by atoms with Crippen molar-refractivity contribution in [3.8, 4) is 0 Å². The van der Waals surface area contributed by atoms with Crippen LogP contribution in [0.1, 0.15) is 26.7 Å². The van der Waals surface area contributed by atoms with E-state index >= 15 is 0 Å². The third-order valence-corrected chi connectivity index (χ3v) is 1.95. The molecule has 0 rings (SSSR count). The van der Waals surface area contributed by atoms with Crippen LogP contribution in [-0.4, -0.2) is 6.54 Å². The Morgan fingerprint density at radius 1 is 1.36 bits per heavy atom. The molecule has 14 heavy (non-hydrogen) atoms. The maximum Gasteiger partial charge on any atom is 0.0181 e. The molecular weight excluding hydrogens is 170 g/mol. The second kappa shape index (κ2) is 8.36. The van der Waals surface area contributed by atoms with Crippen LogP contribution in [0.5, 0.6) is 0 Å². The Balaban J connectivity index is 3.67. The number of hydrogen-bond acceptors (Lipinski definition) is 1. The Morgan fingerprint density at radius 2 is 2.07 bits per heavy atom. The average molecular weight is 191 g/mol. The molecule has 0 aliphatic carbocycles. The molecule has 78 valence electrons. The van der Waals surface area contributed by atoms with E-state index < -0.39 is 0 Å². The summed E-state index contributed by atoms with van der Waals surface area (Å²) in [4.78, 5) is 0. The molecular formula is C13H21N. The van der Waals surface area contributed by atoms with Crippen LogP contribution in [0, 0.1) is 0 Å². The van der Waals surface area contributed by atoms with Gasteiger partial charge < -0.3 is 5.32 Å². The Hall–Kier alpha value is -1.24. The fourth-order valence-corrected chi connectivity index (χ4v) is 0.943. The first-order valence-corrected chi connectivity index (χ1v) is 5.07. The molecule has 0 aliphatic heterocycles. The van der Waals surface area contributed by atoms with E-state index in [1.807, 2.05) is 12.2 Å². The lowest BCUT2D eigenvalue weighted by Gasteiger charge is -2.06. The van der Waals surface area contributed by atoms with Crippen molar-refractivity contribution in [3.05, 3.63) is 48.7 Å². The zero-order chi connectivity index (χ0) is 10.8. The predicted octanol–water partition coefficient (Wildman–Crippen LogP) is 3.58. The number of nitrogens with one attached hydrogen (secondary N) is 1. The van der Waals surface area contributed by atoms with Gasteiger partial charge in [-0.1, -0.05) is 50.0 Å². The van der Waals surface area contributed by atoms with E-state index in [1.165, 1.54) is 5.57 Å². The molecule has 1 nitrogen and oxygen atoms in total.